The van der Waals surface area contributed by atoms with Crippen LogP contribution in [0, 0.1) is 10.1 Å². The monoisotopic (exact) mass is 389 g/mol. The molecule has 3 aromatic rings. The maximum Gasteiger partial charge on any atom is 0.354 e. The number of benzene rings is 2. The zero-order valence-electron chi connectivity index (χ0n) is 13.6. The van der Waals surface area contributed by atoms with Gasteiger partial charge in [0, 0.05) is 12.7 Å². The summed E-state index contributed by atoms with van der Waals surface area (Å²) in [4.78, 5) is 20.9. The minimum absolute atomic E-state index is 0.0203. The highest BCUT2D eigenvalue weighted by Crippen LogP contribution is 2.38. The van der Waals surface area contributed by atoms with E-state index in [4.69, 9.17) is 23.2 Å². The van der Waals surface area contributed by atoms with E-state index in [2.05, 4.69) is 15.3 Å². The number of hydrogen-bond donors (Lipinski definition) is 1. The smallest absolute Gasteiger partial charge is 0.333 e. The van der Waals surface area contributed by atoms with E-state index in [9.17, 15) is 10.1 Å². The fourth-order valence-corrected chi connectivity index (χ4v) is 2.72. The number of hydrogen-bond acceptors (Lipinski definition) is 6. The van der Waals surface area contributed by atoms with E-state index in [0.717, 1.165) is 5.69 Å². The Morgan fingerprint density at radius 2 is 1.81 bits per heavy atom. The number of halogens is 2. The standard InChI is InChI=1S/C17H13Cl2N5O2/c1-23(11-6-3-2-4-7-11)17-15(24(25)26)16(20-10-21-17)22-13-9-5-8-12(18)14(13)19/h2-10H,1H3,(H,20,21,22). The van der Waals surface area contributed by atoms with Crippen molar-refractivity contribution in [3.05, 3.63) is 75.0 Å². The van der Waals surface area contributed by atoms with Crippen molar-refractivity contribution in [2.45, 2.75) is 0 Å². The normalized spacial score (nSPS) is 10.4. The number of aromatic nitrogens is 2. The van der Waals surface area contributed by atoms with Crippen molar-refractivity contribution in [1.29, 1.82) is 0 Å². The summed E-state index contributed by atoms with van der Waals surface area (Å²) in [6.45, 7) is 0. The molecule has 0 aliphatic rings. The molecule has 0 radical (unpaired) electrons. The molecule has 1 heterocycles. The second-order valence-corrected chi connectivity index (χ2v) is 6.06. The van der Waals surface area contributed by atoms with Gasteiger partial charge < -0.3 is 10.2 Å². The van der Waals surface area contributed by atoms with Crippen LogP contribution in [0.2, 0.25) is 10.0 Å². The minimum Gasteiger partial charge on any atom is -0.333 e. The van der Waals surface area contributed by atoms with Crippen LogP contribution < -0.4 is 10.2 Å². The zero-order valence-corrected chi connectivity index (χ0v) is 15.1. The third-order valence-electron chi connectivity index (χ3n) is 3.65. The summed E-state index contributed by atoms with van der Waals surface area (Å²) in [7, 11) is 1.70. The quantitative estimate of drug-likeness (QED) is 0.476. The lowest BCUT2D eigenvalue weighted by Gasteiger charge is -2.19. The molecule has 9 heteroatoms. The molecule has 0 fully saturated rings. The summed E-state index contributed by atoms with van der Waals surface area (Å²) in [6, 6.07) is 14.1. The van der Waals surface area contributed by atoms with Gasteiger partial charge in [-0.05, 0) is 24.3 Å². The van der Waals surface area contributed by atoms with E-state index in [0.29, 0.717) is 10.7 Å². The lowest BCUT2D eigenvalue weighted by atomic mass is 10.2. The molecule has 1 N–H and O–H groups in total. The molecule has 0 saturated carbocycles. The highest BCUT2D eigenvalue weighted by molar-refractivity contribution is 6.43. The second-order valence-electron chi connectivity index (χ2n) is 5.27. The Balaban J connectivity index is 2.07. The molecule has 0 saturated heterocycles. The molecule has 3 rings (SSSR count). The van der Waals surface area contributed by atoms with Gasteiger partial charge in [0.15, 0.2) is 0 Å². The molecule has 1 aromatic heterocycles. The fraction of sp³-hybridized carbons (Fsp3) is 0.0588. The Morgan fingerprint density at radius 1 is 1.08 bits per heavy atom. The van der Waals surface area contributed by atoms with Gasteiger partial charge in [-0.2, -0.15) is 0 Å². The molecule has 0 bridgehead atoms. The molecular formula is C17H13Cl2N5O2. The summed E-state index contributed by atoms with van der Waals surface area (Å²) in [5, 5.41) is 15.2. The van der Waals surface area contributed by atoms with Crippen LogP contribution >= 0.6 is 23.2 Å². The summed E-state index contributed by atoms with van der Waals surface area (Å²) in [5.41, 5.74) is 0.894. The average Bonchev–Trinajstić information content (AvgIpc) is 2.65. The van der Waals surface area contributed by atoms with Gasteiger partial charge in [-0.15, -0.1) is 0 Å². The van der Waals surface area contributed by atoms with Crippen molar-refractivity contribution in [1.82, 2.24) is 9.97 Å². The number of anilines is 4. The van der Waals surface area contributed by atoms with Crippen LogP contribution in [-0.4, -0.2) is 21.9 Å². The van der Waals surface area contributed by atoms with Crippen molar-refractivity contribution in [3.8, 4) is 0 Å². The second kappa shape index (κ2) is 7.55. The zero-order chi connectivity index (χ0) is 18.7. The van der Waals surface area contributed by atoms with Gasteiger partial charge in [-0.3, -0.25) is 10.1 Å². The number of nitrogens with one attached hydrogen (secondary N) is 1. The van der Waals surface area contributed by atoms with Gasteiger partial charge in [-0.25, -0.2) is 9.97 Å². The van der Waals surface area contributed by atoms with Gasteiger partial charge in [0.2, 0.25) is 11.6 Å². The first kappa shape index (κ1) is 17.9. The summed E-state index contributed by atoms with van der Waals surface area (Å²) >= 11 is 12.2. The van der Waals surface area contributed by atoms with E-state index < -0.39 is 4.92 Å². The number of nitro groups is 1. The lowest BCUT2D eigenvalue weighted by Crippen LogP contribution is -2.15. The molecular weight excluding hydrogens is 377 g/mol. The first-order valence-corrected chi connectivity index (χ1v) is 8.24. The van der Waals surface area contributed by atoms with E-state index in [1.807, 2.05) is 30.3 Å². The van der Waals surface area contributed by atoms with Crippen LogP contribution in [0.25, 0.3) is 0 Å². The van der Waals surface area contributed by atoms with Crippen molar-refractivity contribution >= 4 is 51.9 Å². The molecule has 0 amide bonds. The third-order valence-corrected chi connectivity index (χ3v) is 4.47. The molecule has 0 aliphatic carbocycles. The Bertz CT molecular complexity index is 953. The van der Waals surface area contributed by atoms with Crippen LogP contribution in [-0.2, 0) is 0 Å². The molecule has 0 spiro atoms. The Morgan fingerprint density at radius 3 is 2.50 bits per heavy atom. The van der Waals surface area contributed by atoms with Gasteiger partial charge in [0.1, 0.15) is 6.33 Å². The fourth-order valence-electron chi connectivity index (χ4n) is 2.38. The van der Waals surface area contributed by atoms with E-state index in [1.165, 1.54) is 6.33 Å². The highest BCUT2D eigenvalue weighted by Gasteiger charge is 2.26. The molecule has 2 aromatic carbocycles. The van der Waals surface area contributed by atoms with Crippen LogP contribution in [0.3, 0.4) is 0 Å². The van der Waals surface area contributed by atoms with Gasteiger partial charge in [0.25, 0.3) is 0 Å². The van der Waals surface area contributed by atoms with Gasteiger partial charge >= 0.3 is 5.69 Å². The van der Waals surface area contributed by atoms with Crippen molar-refractivity contribution in [3.63, 3.8) is 0 Å². The van der Waals surface area contributed by atoms with Crippen LogP contribution in [0.5, 0.6) is 0 Å². The first-order chi connectivity index (χ1) is 12.5. The van der Waals surface area contributed by atoms with Gasteiger partial charge in [-0.1, -0.05) is 47.5 Å². The Hall–Kier alpha value is -2.90. The number of nitrogens with zero attached hydrogens (tertiary/aromatic N) is 4. The first-order valence-electron chi connectivity index (χ1n) is 7.48. The van der Waals surface area contributed by atoms with E-state index in [1.54, 1.807) is 30.1 Å². The van der Waals surface area contributed by atoms with Gasteiger partial charge in [0.05, 0.1) is 20.7 Å². The Labute approximate surface area is 159 Å². The summed E-state index contributed by atoms with van der Waals surface area (Å²) in [6.07, 6.45) is 1.25. The Kier molecular flexibility index (Phi) is 5.20. The van der Waals surface area contributed by atoms with E-state index in [-0.39, 0.29) is 22.3 Å². The SMILES string of the molecule is CN(c1ccccc1)c1ncnc(Nc2cccc(Cl)c2Cl)c1[N+](=O)[O-]. The predicted molar refractivity (Wildman–Crippen MR) is 103 cm³/mol. The van der Waals surface area contributed by atoms with Crippen LogP contribution in [0.1, 0.15) is 0 Å². The van der Waals surface area contributed by atoms with Crippen LogP contribution in [0.15, 0.2) is 54.9 Å². The number of rotatable bonds is 5. The minimum atomic E-state index is -0.532. The molecule has 0 unspecified atom stereocenters. The van der Waals surface area contributed by atoms with Crippen molar-refractivity contribution in [2.75, 3.05) is 17.3 Å². The molecule has 0 atom stereocenters. The van der Waals surface area contributed by atoms with Crippen LogP contribution in [0.4, 0.5) is 28.7 Å². The molecule has 7 nitrogen and oxygen atoms in total. The van der Waals surface area contributed by atoms with E-state index >= 15 is 0 Å². The molecule has 26 heavy (non-hydrogen) atoms. The maximum atomic E-state index is 11.7. The number of para-hydroxylation sites is 1. The molecule has 132 valence electrons. The predicted octanol–water partition coefficient (Wildman–Crippen LogP) is 5.20. The van der Waals surface area contributed by atoms with Crippen molar-refractivity contribution < 1.29 is 4.92 Å². The molecule has 0 aliphatic heterocycles. The highest BCUT2D eigenvalue weighted by atomic mass is 35.5. The van der Waals surface area contributed by atoms with Crippen molar-refractivity contribution in [2.24, 2.45) is 0 Å². The third kappa shape index (κ3) is 3.54. The summed E-state index contributed by atoms with van der Waals surface area (Å²) in [5.74, 6) is 0.170. The lowest BCUT2D eigenvalue weighted by molar-refractivity contribution is -0.383. The maximum absolute atomic E-state index is 11.7. The summed E-state index contributed by atoms with van der Waals surface area (Å²) < 4.78 is 0. The largest absolute Gasteiger partial charge is 0.354 e. The topological polar surface area (TPSA) is 84.2 Å². The average molecular weight is 390 g/mol.